The first-order chi connectivity index (χ1) is 12.6. The van der Waals surface area contributed by atoms with Crippen molar-refractivity contribution in [3.05, 3.63) is 65.2 Å². The molecular weight excluding hydrogens is 350 g/mol. The van der Waals surface area contributed by atoms with Crippen molar-refractivity contribution >= 4 is 28.8 Å². The minimum Gasteiger partial charge on any atom is -0.497 e. The Morgan fingerprint density at radius 3 is 2.31 bits per heavy atom. The Morgan fingerprint density at radius 1 is 1.00 bits per heavy atom. The molecular formula is C19H17N3O3S. The van der Waals surface area contributed by atoms with E-state index in [1.807, 2.05) is 24.3 Å². The van der Waals surface area contributed by atoms with Crippen molar-refractivity contribution in [3.63, 3.8) is 0 Å². The molecule has 3 aromatic rings. The number of thiazole rings is 1. The highest BCUT2D eigenvalue weighted by Gasteiger charge is 2.13. The van der Waals surface area contributed by atoms with Gasteiger partial charge in [0.25, 0.3) is 11.8 Å². The van der Waals surface area contributed by atoms with E-state index in [9.17, 15) is 9.59 Å². The molecule has 0 bridgehead atoms. The maximum absolute atomic E-state index is 12.4. The summed E-state index contributed by atoms with van der Waals surface area (Å²) in [5, 5.41) is 7.80. The van der Waals surface area contributed by atoms with Crippen LogP contribution in [-0.2, 0) is 0 Å². The lowest BCUT2D eigenvalue weighted by molar-refractivity contribution is 0.0962. The summed E-state index contributed by atoms with van der Waals surface area (Å²) in [5.41, 5.74) is 2.39. The number of hydrogen-bond donors (Lipinski definition) is 2. The van der Waals surface area contributed by atoms with Crippen LogP contribution in [0.15, 0.2) is 53.9 Å². The molecule has 2 aromatic carbocycles. The predicted octanol–water partition coefficient (Wildman–Crippen LogP) is 3.43. The van der Waals surface area contributed by atoms with Gasteiger partial charge in [-0.3, -0.25) is 9.59 Å². The molecule has 0 aliphatic heterocycles. The summed E-state index contributed by atoms with van der Waals surface area (Å²) in [7, 11) is 3.18. The lowest BCUT2D eigenvalue weighted by Gasteiger charge is -2.05. The van der Waals surface area contributed by atoms with Gasteiger partial charge < -0.3 is 15.4 Å². The molecule has 0 atom stereocenters. The zero-order valence-electron chi connectivity index (χ0n) is 14.3. The number of methoxy groups -OCH3 is 1. The number of rotatable bonds is 5. The number of aromatic nitrogens is 1. The molecule has 132 valence electrons. The number of hydrogen-bond acceptors (Lipinski definition) is 5. The number of benzene rings is 2. The van der Waals surface area contributed by atoms with Gasteiger partial charge in [-0.15, -0.1) is 11.3 Å². The average molecular weight is 367 g/mol. The van der Waals surface area contributed by atoms with Gasteiger partial charge >= 0.3 is 0 Å². The van der Waals surface area contributed by atoms with Crippen LogP contribution in [0, 0.1) is 0 Å². The van der Waals surface area contributed by atoms with Gasteiger partial charge in [0.05, 0.1) is 7.11 Å². The summed E-state index contributed by atoms with van der Waals surface area (Å²) in [5.74, 6) is 0.295. The summed E-state index contributed by atoms with van der Waals surface area (Å²) in [4.78, 5) is 28.3. The standard InChI is InChI=1S/C19H17N3O3S/c1-20-17(23)12-3-7-14(8-4-12)21-18(24)16-11-26-19(22-16)13-5-9-15(25-2)10-6-13/h3-11H,1-2H3,(H,20,23)(H,21,24). The van der Waals surface area contributed by atoms with Gasteiger partial charge in [0.15, 0.2) is 0 Å². The van der Waals surface area contributed by atoms with E-state index in [2.05, 4.69) is 15.6 Å². The Labute approximate surface area is 154 Å². The fourth-order valence-corrected chi connectivity index (χ4v) is 3.09. The molecule has 0 saturated heterocycles. The van der Waals surface area contributed by atoms with Gasteiger partial charge in [-0.1, -0.05) is 0 Å². The number of anilines is 1. The molecule has 26 heavy (non-hydrogen) atoms. The molecule has 2 N–H and O–H groups in total. The summed E-state index contributed by atoms with van der Waals surface area (Å²) < 4.78 is 5.14. The number of nitrogens with zero attached hydrogens (tertiary/aromatic N) is 1. The van der Waals surface area contributed by atoms with E-state index in [1.54, 1.807) is 43.8 Å². The van der Waals surface area contributed by atoms with Crippen LogP contribution in [-0.4, -0.2) is 31.0 Å². The number of ether oxygens (including phenoxy) is 1. The molecule has 0 saturated carbocycles. The summed E-state index contributed by atoms with van der Waals surface area (Å²) in [6, 6.07) is 14.2. The first-order valence-corrected chi connectivity index (χ1v) is 8.72. The second-order valence-electron chi connectivity index (χ2n) is 5.38. The number of amides is 2. The van der Waals surface area contributed by atoms with E-state index in [0.29, 0.717) is 16.9 Å². The van der Waals surface area contributed by atoms with Crippen molar-refractivity contribution in [2.75, 3.05) is 19.5 Å². The second kappa shape index (κ2) is 7.79. The Morgan fingerprint density at radius 2 is 1.69 bits per heavy atom. The number of carbonyl (C=O) groups excluding carboxylic acids is 2. The van der Waals surface area contributed by atoms with Gasteiger partial charge in [0.2, 0.25) is 0 Å². The van der Waals surface area contributed by atoms with Crippen LogP contribution in [0.2, 0.25) is 0 Å². The molecule has 0 fully saturated rings. The molecule has 1 heterocycles. The largest absolute Gasteiger partial charge is 0.497 e. The Bertz CT molecular complexity index is 918. The molecule has 0 spiro atoms. The fourth-order valence-electron chi connectivity index (χ4n) is 2.29. The minimum absolute atomic E-state index is 0.175. The van der Waals surface area contributed by atoms with E-state index in [0.717, 1.165) is 16.3 Å². The van der Waals surface area contributed by atoms with Crippen LogP contribution < -0.4 is 15.4 Å². The summed E-state index contributed by atoms with van der Waals surface area (Å²) in [6.07, 6.45) is 0. The van der Waals surface area contributed by atoms with E-state index in [1.165, 1.54) is 11.3 Å². The zero-order valence-corrected chi connectivity index (χ0v) is 15.1. The zero-order chi connectivity index (χ0) is 18.5. The van der Waals surface area contributed by atoms with Gasteiger partial charge in [0.1, 0.15) is 16.5 Å². The third-order valence-electron chi connectivity index (χ3n) is 3.71. The van der Waals surface area contributed by atoms with Crippen LogP contribution in [0.25, 0.3) is 10.6 Å². The van der Waals surface area contributed by atoms with Gasteiger partial charge in [-0.2, -0.15) is 0 Å². The summed E-state index contributed by atoms with van der Waals surface area (Å²) in [6.45, 7) is 0. The van der Waals surface area contributed by atoms with E-state index < -0.39 is 0 Å². The van der Waals surface area contributed by atoms with Crippen molar-refractivity contribution in [1.82, 2.24) is 10.3 Å². The third kappa shape index (κ3) is 3.89. The van der Waals surface area contributed by atoms with Crippen molar-refractivity contribution in [2.24, 2.45) is 0 Å². The molecule has 0 radical (unpaired) electrons. The maximum atomic E-state index is 12.4. The molecule has 2 amide bonds. The molecule has 6 nitrogen and oxygen atoms in total. The van der Waals surface area contributed by atoms with E-state index in [4.69, 9.17) is 4.74 Å². The van der Waals surface area contributed by atoms with Crippen molar-refractivity contribution in [1.29, 1.82) is 0 Å². The van der Waals surface area contributed by atoms with Crippen LogP contribution in [0.3, 0.4) is 0 Å². The van der Waals surface area contributed by atoms with Crippen LogP contribution in [0.1, 0.15) is 20.8 Å². The quantitative estimate of drug-likeness (QED) is 0.724. The summed E-state index contributed by atoms with van der Waals surface area (Å²) >= 11 is 1.40. The molecule has 0 aliphatic carbocycles. The Balaban J connectivity index is 1.70. The SMILES string of the molecule is CNC(=O)c1ccc(NC(=O)c2csc(-c3ccc(OC)cc3)n2)cc1. The highest BCUT2D eigenvalue weighted by atomic mass is 32.1. The molecule has 3 rings (SSSR count). The molecule has 7 heteroatoms. The average Bonchev–Trinajstić information content (AvgIpc) is 3.18. The number of nitrogens with one attached hydrogen (secondary N) is 2. The Kier molecular flexibility index (Phi) is 5.28. The van der Waals surface area contributed by atoms with Crippen LogP contribution in [0.5, 0.6) is 5.75 Å². The first kappa shape index (κ1) is 17.6. The first-order valence-electron chi connectivity index (χ1n) is 7.84. The van der Waals surface area contributed by atoms with Crippen molar-refractivity contribution < 1.29 is 14.3 Å². The topological polar surface area (TPSA) is 80.3 Å². The number of carbonyl (C=O) groups is 2. The van der Waals surface area contributed by atoms with Crippen LogP contribution in [0.4, 0.5) is 5.69 Å². The Hall–Kier alpha value is -3.19. The van der Waals surface area contributed by atoms with Gasteiger partial charge in [-0.05, 0) is 48.5 Å². The van der Waals surface area contributed by atoms with Gasteiger partial charge in [0, 0.05) is 29.2 Å². The molecule has 1 aromatic heterocycles. The monoisotopic (exact) mass is 367 g/mol. The van der Waals surface area contributed by atoms with Crippen molar-refractivity contribution in [3.8, 4) is 16.3 Å². The highest BCUT2D eigenvalue weighted by molar-refractivity contribution is 7.13. The smallest absolute Gasteiger partial charge is 0.275 e. The second-order valence-corrected chi connectivity index (χ2v) is 6.24. The lowest BCUT2D eigenvalue weighted by Crippen LogP contribution is -2.18. The lowest BCUT2D eigenvalue weighted by atomic mass is 10.2. The molecule has 0 aliphatic rings. The van der Waals surface area contributed by atoms with Crippen molar-refractivity contribution in [2.45, 2.75) is 0 Å². The normalized spacial score (nSPS) is 10.2. The highest BCUT2D eigenvalue weighted by Crippen LogP contribution is 2.26. The predicted molar refractivity (Wildman–Crippen MR) is 102 cm³/mol. The van der Waals surface area contributed by atoms with Crippen LogP contribution >= 0.6 is 11.3 Å². The van der Waals surface area contributed by atoms with E-state index >= 15 is 0 Å². The minimum atomic E-state index is -0.297. The third-order valence-corrected chi connectivity index (χ3v) is 4.60. The van der Waals surface area contributed by atoms with Gasteiger partial charge in [-0.25, -0.2) is 4.98 Å². The van der Waals surface area contributed by atoms with E-state index in [-0.39, 0.29) is 11.8 Å². The maximum Gasteiger partial charge on any atom is 0.275 e. The molecule has 0 unspecified atom stereocenters. The fraction of sp³-hybridized carbons (Fsp3) is 0.105.